The molecular weight excluding hydrogens is 498 g/mol. The largest absolute Gasteiger partial charge is 0.354 e. The molecule has 3 aromatic rings. The number of hydrogen-bond donors (Lipinski definition) is 1. The van der Waals surface area contributed by atoms with Crippen LogP contribution in [0.3, 0.4) is 0 Å². The first-order valence-electron chi connectivity index (χ1n) is 12.8. The number of carbonyl (C=O) groups is 2. The lowest BCUT2D eigenvalue weighted by Crippen LogP contribution is -2.53. The van der Waals surface area contributed by atoms with Crippen molar-refractivity contribution in [1.82, 2.24) is 10.2 Å². The van der Waals surface area contributed by atoms with E-state index in [1.165, 1.54) is 4.90 Å². The average molecular weight is 536 g/mol. The van der Waals surface area contributed by atoms with E-state index in [2.05, 4.69) is 5.32 Å². The SMILES string of the molecule is CCCNC(=O)[C@@H](Cc1ccccc1)N(Cc1ccc(C)cc1)C(=O)CN(c1ccc(C)cc1)S(C)(=O)=O. The van der Waals surface area contributed by atoms with E-state index >= 15 is 0 Å². The first-order valence-corrected chi connectivity index (χ1v) is 14.6. The van der Waals surface area contributed by atoms with Crippen LogP contribution >= 0.6 is 0 Å². The van der Waals surface area contributed by atoms with Crippen LogP contribution in [0.15, 0.2) is 78.9 Å². The quantitative estimate of drug-likeness (QED) is 0.376. The molecule has 0 aliphatic carbocycles. The van der Waals surface area contributed by atoms with Crippen LogP contribution in [0.2, 0.25) is 0 Å². The molecule has 0 fully saturated rings. The van der Waals surface area contributed by atoms with E-state index in [-0.39, 0.29) is 12.5 Å². The van der Waals surface area contributed by atoms with Crippen molar-refractivity contribution in [3.63, 3.8) is 0 Å². The minimum atomic E-state index is -3.77. The Balaban J connectivity index is 2.02. The van der Waals surface area contributed by atoms with E-state index in [9.17, 15) is 18.0 Å². The number of rotatable bonds is 12. The van der Waals surface area contributed by atoms with Crippen LogP contribution in [0.25, 0.3) is 0 Å². The van der Waals surface area contributed by atoms with Gasteiger partial charge in [0.15, 0.2) is 0 Å². The molecule has 7 nitrogen and oxygen atoms in total. The summed E-state index contributed by atoms with van der Waals surface area (Å²) in [4.78, 5) is 28.9. The summed E-state index contributed by atoms with van der Waals surface area (Å²) in [6.07, 6.45) is 2.14. The van der Waals surface area contributed by atoms with Gasteiger partial charge in [-0.2, -0.15) is 0 Å². The van der Waals surface area contributed by atoms with Crippen molar-refractivity contribution in [1.29, 1.82) is 0 Å². The van der Waals surface area contributed by atoms with Crippen LogP contribution in [0.5, 0.6) is 0 Å². The Kier molecular flexibility index (Phi) is 10.1. The van der Waals surface area contributed by atoms with E-state index in [0.717, 1.165) is 39.2 Å². The molecule has 0 heterocycles. The van der Waals surface area contributed by atoms with Gasteiger partial charge in [-0.3, -0.25) is 13.9 Å². The smallest absolute Gasteiger partial charge is 0.244 e. The minimum absolute atomic E-state index is 0.168. The fourth-order valence-electron chi connectivity index (χ4n) is 4.13. The predicted octanol–water partition coefficient (Wildman–Crippen LogP) is 4.24. The maximum atomic E-state index is 14.0. The lowest BCUT2D eigenvalue weighted by molar-refractivity contribution is -0.140. The summed E-state index contributed by atoms with van der Waals surface area (Å²) in [5.74, 6) is -0.721. The maximum absolute atomic E-state index is 14.0. The van der Waals surface area contributed by atoms with Gasteiger partial charge in [-0.25, -0.2) is 8.42 Å². The zero-order valence-electron chi connectivity index (χ0n) is 22.6. The number of amides is 2. The summed E-state index contributed by atoms with van der Waals surface area (Å²) in [5, 5.41) is 2.94. The fraction of sp³-hybridized carbons (Fsp3) is 0.333. The summed E-state index contributed by atoms with van der Waals surface area (Å²) in [6, 6.07) is 23.4. The number of anilines is 1. The van der Waals surface area contributed by atoms with Crippen molar-refractivity contribution in [2.45, 2.75) is 46.2 Å². The van der Waals surface area contributed by atoms with Crippen molar-refractivity contribution < 1.29 is 18.0 Å². The molecule has 0 unspecified atom stereocenters. The molecule has 0 radical (unpaired) electrons. The Labute approximate surface area is 226 Å². The normalized spacial score (nSPS) is 12.0. The van der Waals surface area contributed by atoms with E-state index in [1.54, 1.807) is 24.3 Å². The van der Waals surface area contributed by atoms with Gasteiger partial charge >= 0.3 is 0 Å². The van der Waals surface area contributed by atoms with Gasteiger partial charge in [-0.1, -0.05) is 84.8 Å². The molecule has 3 rings (SSSR count). The number of sulfonamides is 1. The molecule has 0 aliphatic rings. The van der Waals surface area contributed by atoms with Gasteiger partial charge in [-0.15, -0.1) is 0 Å². The third kappa shape index (κ3) is 8.18. The van der Waals surface area contributed by atoms with Crippen molar-refractivity contribution in [2.24, 2.45) is 0 Å². The Morgan fingerprint density at radius 3 is 1.97 bits per heavy atom. The second-order valence-corrected chi connectivity index (χ2v) is 11.5. The van der Waals surface area contributed by atoms with E-state index < -0.39 is 28.5 Å². The topological polar surface area (TPSA) is 86.8 Å². The Hall–Kier alpha value is -3.65. The Morgan fingerprint density at radius 1 is 0.842 bits per heavy atom. The summed E-state index contributed by atoms with van der Waals surface area (Å²) in [7, 11) is -3.77. The van der Waals surface area contributed by atoms with Crippen molar-refractivity contribution in [3.8, 4) is 0 Å². The first kappa shape index (κ1) is 28.9. The maximum Gasteiger partial charge on any atom is 0.244 e. The predicted molar refractivity (Wildman–Crippen MR) is 152 cm³/mol. The molecule has 1 N–H and O–H groups in total. The third-order valence-electron chi connectivity index (χ3n) is 6.29. The van der Waals surface area contributed by atoms with E-state index in [4.69, 9.17) is 0 Å². The molecule has 202 valence electrons. The van der Waals surface area contributed by atoms with Gasteiger partial charge < -0.3 is 10.2 Å². The van der Waals surface area contributed by atoms with Crippen LogP contribution in [0, 0.1) is 13.8 Å². The van der Waals surface area contributed by atoms with E-state index in [1.807, 2.05) is 75.4 Å². The summed E-state index contributed by atoms with van der Waals surface area (Å²) < 4.78 is 26.7. The molecule has 0 spiro atoms. The molecule has 0 bridgehead atoms. The number of benzene rings is 3. The molecular formula is C30H37N3O4S. The van der Waals surface area contributed by atoms with Gasteiger partial charge in [0.2, 0.25) is 21.8 Å². The molecule has 3 aromatic carbocycles. The summed E-state index contributed by atoms with van der Waals surface area (Å²) >= 11 is 0. The van der Waals surface area contributed by atoms with E-state index in [0.29, 0.717) is 18.7 Å². The first-order chi connectivity index (χ1) is 18.1. The van der Waals surface area contributed by atoms with Gasteiger partial charge in [-0.05, 0) is 43.5 Å². The number of carbonyl (C=O) groups excluding carboxylic acids is 2. The van der Waals surface area contributed by atoms with Crippen LogP contribution < -0.4 is 9.62 Å². The fourth-order valence-corrected chi connectivity index (χ4v) is 4.98. The number of hydrogen-bond acceptors (Lipinski definition) is 4. The third-order valence-corrected chi connectivity index (χ3v) is 7.44. The zero-order valence-corrected chi connectivity index (χ0v) is 23.4. The molecule has 0 aliphatic heterocycles. The number of nitrogens with zero attached hydrogens (tertiary/aromatic N) is 2. The lowest BCUT2D eigenvalue weighted by atomic mass is 10.0. The molecule has 0 saturated heterocycles. The van der Waals surface area contributed by atoms with Crippen molar-refractivity contribution in [3.05, 3.63) is 101 Å². The highest BCUT2D eigenvalue weighted by atomic mass is 32.2. The molecule has 8 heteroatoms. The van der Waals surface area contributed by atoms with Crippen LogP contribution in [-0.2, 0) is 32.6 Å². The van der Waals surface area contributed by atoms with Crippen LogP contribution in [-0.4, -0.2) is 50.5 Å². The van der Waals surface area contributed by atoms with Crippen LogP contribution in [0.1, 0.15) is 35.6 Å². The zero-order chi connectivity index (χ0) is 27.7. The molecule has 38 heavy (non-hydrogen) atoms. The highest BCUT2D eigenvalue weighted by molar-refractivity contribution is 7.92. The van der Waals surface area contributed by atoms with Crippen LogP contribution in [0.4, 0.5) is 5.69 Å². The van der Waals surface area contributed by atoms with Crippen molar-refractivity contribution >= 4 is 27.5 Å². The highest BCUT2D eigenvalue weighted by Gasteiger charge is 2.32. The highest BCUT2D eigenvalue weighted by Crippen LogP contribution is 2.21. The Bertz CT molecular complexity index is 1310. The lowest BCUT2D eigenvalue weighted by Gasteiger charge is -2.33. The standard InChI is InChI=1S/C30H37N3O4S/c1-5-19-31-30(35)28(20-25-9-7-6-8-10-25)32(21-26-15-11-23(2)12-16-26)29(34)22-33(38(4,36)37)27-17-13-24(3)14-18-27/h6-18,28H,5,19-22H2,1-4H3,(H,31,35)/t28-/m1/s1. The number of nitrogens with one attached hydrogen (secondary N) is 1. The average Bonchev–Trinajstić information content (AvgIpc) is 2.89. The van der Waals surface area contributed by atoms with Crippen molar-refractivity contribution in [2.75, 3.05) is 23.7 Å². The van der Waals surface area contributed by atoms with Gasteiger partial charge in [0.05, 0.1) is 11.9 Å². The Morgan fingerprint density at radius 2 is 1.42 bits per heavy atom. The summed E-state index contributed by atoms with van der Waals surface area (Å²) in [6.45, 7) is 6.09. The number of aryl methyl sites for hydroxylation is 2. The molecule has 0 saturated carbocycles. The second-order valence-electron chi connectivity index (χ2n) is 9.61. The summed E-state index contributed by atoms with van der Waals surface area (Å²) in [5.41, 5.74) is 4.22. The van der Waals surface area contributed by atoms with Gasteiger partial charge in [0.25, 0.3) is 0 Å². The minimum Gasteiger partial charge on any atom is -0.354 e. The van der Waals surface area contributed by atoms with Gasteiger partial charge in [0.1, 0.15) is 12.6 Å². The molecule has 0 aromatic heterocycles. The van der Waals surface area contributed by atoms with Gasteiger partial charge in [0, 0.05) is 19.5 Å². The monoisotopic (exact) mass is 535 g/mol. The second kappa shape index (κ2) is 13.2. The molecule has 2 amide bonds. The molecule has 1 atom stereocenters.